The van der Waals surface area contributed by atoms with Gasteiger partial charge < -0.3 is 5.73 Å². The van der Waals surface area contributed by atoms with Crippen LogP contribution in [0.1, 0.15) is 11.1 Å². The molecule has 5 nitrogen and oxygen atoms in total. The van der Waals surface area contributed by atoms with Crippen LogP contribution >= 0.6 is 0 Å². The van der Waals surface area contributed by atoms with E-state index >= 15 is 0 Å². The number of nitrogens with one attached hydrogen (secondary N) is 1. The Labute approximate surface area is 121 Å². The fourth-order valence-electron chi connectivity index (χ4n) is 1.75. The summed E-state index contributed by atoms with van der Waals surface area (Å²) < 4.78 is 40.2. The Bertz CT molecular complexity index is 842. The third kappa shape index (κ3) is 3.12. The highest BCUT2D eigenvalue weighted by Crippen LogP contribution is 2.22. The van der Waals surface area contributed by atoms with Crippen molar-refractivity contribution in [2.75, 3.05) is 10.5 Å². The lowest BCUT2D eigenvalue weighted by Crippen LogP contribution is -2.14. The van der Waals surface area contributed by atoms with Crippen LogP contribution in [0.5, 0.6) is 0 Å². The first-order valence-electron chi connectivity index (χ1n) is 5.92. The SMILES string of the molecule is Cc1cc(S(=O)(=O)Nc2ccc(N)cc2F)ccc1C#N. The van der Waals surface area contributed by atoms with Gasteiger partial charge in [0.05, 0.1) is 22.2 Å². The summed E-state index contributed by atoms with van der Waals surface area (Å²) in [5.41, 5.74) is 6.32. The molecule has 0 saturated heterocycles. The largest absolute Gasteiger partial charge is 0.399 e. The molecule has 0 radical (unpaired) electrons. The molecule has 0 atom stereocenters. The maximum Gasteiger partial charge on any atom is 0.261 e. The second-order valence-corrected chi connectivity index (χ2v) is 6.12. The number of sulfonamides is 1. The fraction of sp³-hybridized carbons (Fsp3) is 0.0714. The summed E-state index contributed by atoms with van der Waals surface area (Å²) in [5, 5.41) is 8.83. The van der Waals surface area contributed by atoms with Crippen LogP contribution in [0.25, 0.3) is 0 Å². The highest BCUT2D eigenvalue weighted by atomic mass is 32.2. The molecule has 0 fully saturated rings. The van der Waals surface area contributed by atoms with Gasteiger partial charge in [-0.3, -0.25) is 4.72 Å². The molecule has 0 aliphatic rings. The van der Waals surface area contributed by atoms with E-state index in [-0.39, 0.29) is 16.3 Å². The van der Waals surface area contributed by atoms with Crippen LogP contribution in [0.4, 0.5) is 15.8 Å². The lowest BCUT2D eigenvalue weighted by Gasteiger charge is -2.10. The molecule has 0 spiro atoms. The molecule has 0 unspecified atom stereocenters. The van der Waals surface area contributed by atoms with Gasteiger partial charge >= 0.3 is 0 Å². The number of benzene rings is 2. The normalized spacial score (nSPS) is 10.9. The molecule has 0 aliphatic carbocycles. The first-order valence-corrected chi connectivity index (χ1v) is 7.40. The molecular formula is C14H12FN3O2S. The smallest absolute Gasteiger partial charge is 0.261 e. The van der Waals surface area contributed by atoms with Crippen molar-refractivity contribution >= 4 is 21.4 Å². The Kier molecular flexibility index (Phi) is 3.82. The number of hydrogen-bond acceptors (Lipinski definition) is 4. The minimum atomic E-state index is -3.94. The molecule has 0 saturated carbocycles. The molecule has 0 bridgehead atoms. The van der Waals surface area contributed by atoms with E-state index in [1.54, 1.807) is 6.92 Å². The molecule has 3 N–H and O–H groups in total. The average molecular weight is 305 g/mol. The number of nitrogens with zero attached hydrogens (tertiary/aromatic N) is 1. The second-order valence-electron chi connectivity index (χ2n) is 4.43. The summed E-state index contributed by atoms with van der Waals surface area (Å²) in [4.78, 5) is -0.0461. The minimum absolute atomic E-state index is 0.0461. The fourth-order valence-corrected chi connectivity index (χ4v) is 2.90. The number of anilines is 2. The Balaban J connectivity index is 2.39. The lowest BCUT2D eigenvalue weighted by atomic mass is 10.1. The summed E-state index contributed by atoms with van der Waals surface area (Å²) in [6.07, 6.45) is 0. The number of nitriles is 1. The molecule has 2 rings (SSSR count). The third-order valence-electron chi connectivity index (χ3n) is 2.87. The summed E-state index contributed by atoms with van der Waals surface area (Å²) in [6.45, 7) is 1.63. The van der Waals surface area contributed by atoms with Crippen molar-refractivity contribution in [3.8, 4) is 6.07 Å². The van der Waals surface area contributed by atoms with Gasteiger partial charge in [0.25, 0.3) is 10.0 Å². The van der Waals surface area contributed by atoms with Crippen molar-refractivity contribution in [1.82, 2.24) is 0 Å². The molecule has 0 heterocycles. The Morgan fingerprint density at radius 2 is 1.95 bits per heavy atom. The molecule has 0 aliphatic heterocycles. The van der Waals surface area contributed by atoms with Gasteiger partial charge in [0.2, 0.25) is 0 Å². The van der Waals surface area contributed by atoms with Gasteiger partial charge in [-0.25, -0.2) is 12.8 Å². The second kappa shape index (κ2) is 5.42. The van der Waals surface area contributed by atoms with Gasteiger partial charge in [-0.15, -0.1) is 0 Å². The molecule has 2 aromatic carbocycles. The van der Waals surface area contributed by atoms with Crippen molar-refractivity contribution in [2.24, 2.45) is 0 Å². The van der Waals surface area contributed by atoms with Crippen molar-refractivity contribution < 1.29 is 12.8 Å². The van der Waals surface area contributed by atoms with E-state index in [4.69, 9.17) is 11.0 Å². The van der Waals surface area contributed by atoms with Crippen molar-refractivity contribution in [1.29, 1.82) is 5.26 Å². The summed E-state index contributed by atoms with van der Waals surface area (Å²) in [6, 6.07) is 9.68. The van der Waals surface area contributed by atoms with Gasteiger partial charge in [0.1, 0.15) is 5.82 Å². The summed E-state index contributed by atoms with van der Waals surface area (Å²) in [7, 11) is -3.94. The van der Waals surface area contributed by atoms with E-state index in [2.05, 4.69) is 4.72 Å². The Morgan fingerprint density at radius 1 is 1.24 bits per heavy atom. The van der Waals surface area contributed by atoms with Crippen LogP contribution in [-0.4, -0.2) is 8.42 Å². The molecule has 108 valence electrons. The zero-order valence-corrected chi connectivity index (χ0v) is 11.9. The quantitative estimate of drug-likeness (QED) is 0.851. The van der Waals surface area contributed by atoms with Crippen LogP contribution in [-0.2, 0) is 10.0 Å². The standard InChI is InChI=1S/C14H12FN3O2S/c1-9-6-12(4-2-10(9)8-16)21(19,20)18-14-5-3-11(17)7-13(14)15/h2-7,18H,17H2,1H3. The van der Waals surface area contributed by atoms with Gasteiger partial charge in [-0.05, 0) is 48.9 Å². The van der Waals surface area contributed by atoms with E-state index in [1.807, 2.05) is 6.07 Å². The number of halogens is 1. The zero-order valence-electron chi connectivity index (χ0n) is 11.1. The first-order chi connectivity index (χ1) is 9.83. The lowest BCUT2D eigenvalue weighted by molar-refractivity contribution is 0.598. The number of nitrogens with two attached hydrogens (primary N) is 1. The topological polar surface area (TPSA) is 96.0 Å². The van der Waals surface area contributed by atoms with E-state index in [0.717, 1.165) is 6.07 Å². The van der Waals surface area contributed by atoms with Gasteiger partial charge in [-0.2, -0.15) is 5.26 Å². The average Bonchev–Trinajstić information content (AvgIpc) is 2.42. The van der Waals surface area contributed by atoms with E-state index in [9.17, 15) is 12.8 Å². The van der Waals surface area contributed by atoms with Crippen LogP contribution < -0.4 is 10.5 Å². The number of nitrogen functional groups attached to an aromatic ring is 1. The van der Waals surface area contributed by atoms with E-state index in [0.29, 0.717) is 11.1 Å². The Morgan fingerprint density at radius 3 is 2.52 bits per heavy atom. The van der Waals surface area contributed by atoms with Crippen molar-refractivity contribution in [2.45, 2.75) is 11.8 Å². The maximum absolute atomic E-state index is 13.6. The van der Waals surface area contributed by atoms with E-state index in [1.165, 1.54) is 30.3 Å². The van der Waals surface area contributed by atoms with Crippen molar-refractivity contribution in [3.05, 3.63) is 53.3 Å². The Hall–Kier alpha value is -2.59. The summed E-state index contributed by atoms with van der Waals surface area (Å²) >= 11 is 0. The predicted octanol–water partition coefficient (Wildman–Crippen LogP) is 2.39. The van der Waals surface area contributed by atoms with Crippen LogP contribution in [0.2, 0.25) is 0 Å². The highest BCUT2D eigenvalue weighted by molar-refractivity contribution is 7.92. The van der Waals surface area contributed by atoms with Gasteiger partial charge in [0, 0.05) is 5.69 Å². The number of hydrogen-bond donors (Lipinski definition) is 2. The number of rotatable bonds is 3. The molecule has 2 aromatic rings. The molecule has 7 heteroatoms. The summed E-state index contributed by atoms with van der Waals surface area (Å²) in [5.74, 6) is -0.760. The van der Waals surface area contributed by atoms with Crippen LogP contribution in [0.3, 0.4) is 0 Å². The van der Waals surface area contributed by atoms with Gasteiger partial charge in [-0.1, -0.05) is 0 Å². The minimum Gasteiger partial charge on any atom is -0.399 e. The molecule has 21 heavy (non-hydrogen) atoms. The first kappa shape index (κ1) is 14.8. The van der Waals surface area contributed by atoms with Gasteiger partial charge in [0.15, 0.2) is 0 Å². The predicted molar refractivity (Wildman–Crippen MR) is 77.5 cm³/mol. The van der Waals surface area contributed by atoms with E-state index < -0.39 is 15.8 Å². The monoisotopic (exact) mass is 305 g/mol. The highest BCUT2D eigenvalue weighted by Gasteiger charge is 2.17. The molecular weight excluding hydrogens is 293 g/mol. The van der Waals surface area contributed by atoms with Crippen LogP contribution in [0.15, 0.2) is 41.3 Å². The zero-order chi connectivity index (χ0) is 15.6. The maximum atomic E-state index is 13.6. The number of aryl methyl sites for hydroxylation is 1. The van der Waals surface area contributed by atoms with Crippen LogP contribution in [0, 0.1) is 24.1 Å². The van der Waals surface area contributed by atoms with Crippen molar-refractivity contribution in [3.63, 3.8) is 0 Å². The molecule has 0 aromatic heterocycles. The third-order valence-corrected chi connectivity index (χ3v) is 4.23. The molecule has 0 amide bonds.